The molecule has 6 nitrogen and oxygen atoms in total. The molecule has 1 unspecified atom stereocenters. The summed E-state index contributed by atoms with van der Waals surface area (Å²) in [6, 6.07) is 0.423. The van der Waals surface area contributed by atoms with E-state index in [1.807, 2.05) is 0 Å². The number of aromatic nitrogens is 2. The molecule has 18 heavy (non-hydrogen) atoms. The average molecular weight is 273 g/mol. The first-order valence-corrected chi connectivity index (χ1v) is 8.04. The Labute approximate surface area is 107 Å². The lowest BCUT2D eigenvalue weighted by Crippen LogP contribution is -2.25. The standard InChI is InChI=1S/C11H19N3O3S/c1-8(2)12-5-3-10-13-14-11(17-10)9-4-6-18(15,16)7-9/h8-9,12H,3-7H2,1-2H3. The number of hydrogen-bond acceptors (Lipinski definition) is 6. The second-order valence-electron chi connectivity index (χ2n) is 4.99. The highest BCUT2D eigenvalue weighted by Gasteiger charge is 2.32. The van der Waals surface area contributed by atoms with Crippen molar-refractivity contribution in [1.82, 2.24) is 15.5 Å². The third-order valence-corrected chi connectivity index (χ3v) is 4.72. The van der Waals surface area contributed by atoms with Crippen molar-refractivity contribution in [2.75, 3.05) is 18.1 Å². The van der Waals surface area contributed by atoms with Crippen LogP contribution in [0.1, 0.15) is 38.0 Å². The highest BCUT2D eigenvalue weighted by atomic mass is 32.2. The first-order valence-electron chi connectivity index (χ1n) is 6.22. The van der Waals surface area contributed by atoms with E-state index < -0.39 is 9.84 Å². The largest absolute Gasteiger partial charge is 0.425 e. The van der Waals surface area contributed by atoms with Crippen molar-refractivity contribution in [2.45, 2.75) is 38.6 Å². The van der Waals surface area contributed by atoms with Crippen LogP contribution in [0.3, 0.4) is 0 Å². The molecule has 0 radical (unpaired) electrons. The van der Waals surface area contributed by atoms with Crippen molar-refractivity contribution >= 4 is 9.84 Å². The lowest BCUT2D eigenvalue weighted by molar-refractivity contribution is 0.418. The molecule has 1 fully saturated rings. The second kappa shape index (κ2) is 5.36. The summed E-state index contributed by atoms with van der Waals surface area (Å²) in [4.78, 5) is 0. The molecule has 1 aliphatic rings. The summed E-state index contributed by atoms with van der Waals surface area (Å²) in [5, 5.41) is 11.2. The van der Waals surface area contributed by atoms with Crippen molar-refractivity contribution in [3.63, 3.8) is 0 Å². The SMILES string of the molecule is CC(C)NCCc1nnc(C2CCS(=O)(=O)C2)o1. The molecule has 1 atom stereocenters. The van der Waals surface area contributed by atoms with Gasteiger partial charge in [-0.2, -0.15) is 0 Å². The molecule has 0 saturated carbocycles. The number of nitrogens with one attached hydrogen (secondary N) is 1. The van der Waals surface area contributed by atoms with Gasteiger partial charge < -0.3 is 9.73 Å². The Balaban J connectivity index is 1.90. The van der Waals surface area contributed by atoms with Gasteiger partial charge >= 0.3 is 0 Å². The van der Waals surface area contributed by atoms with Crippen LogP contribution in [-0.4, -0.2) is 42.7 Å². The van der Waals surface area contributed by atoms with Gasteiger partial charge in [0.1, 0.15) is 0 Å². The summed E-state index contributed by atoms with van der Waals surface area (Å²) in [6.07, 6.45) is 1.26. The van der Waals surface area contributed by atoms with E-state index in [0.29, 0.717) is 30.7 Å². The van der Waals surface area contributed by atoms with Gasteiger partial charge in [0.05, 0.1) is 17.4 Å². The second-order valence-corrected chi connectivity index (χ2v) is 7.22. The highest BCUT2D eigenvalue weighted by molar-refractivity contribution is 7.91. The Morgan fingerprint density at radius 3 is 2.83 bits per heavy atom. The lowest BCUT2D eigenvalue weighted by Gasteiger charge is -2.05. The van der Waals surface area contributed by atoms with Crippen LogP contribution < -0.4 is 5.32 Å². The van der Waals surface area contributed by atoms with Crippen LogP contribution in [0.2, 0.25) is 0 Å². The van der Waals surface area contributed by atoms with Crippen LogP contribution in [0.25, 0.3) is 0 Å². The van der Waals surface area contributed by atoms with E-state index in [2.05, 4.69) is 29.4 Å². The topological polar surface area (TPSA) is 85.1 Å². The summed E-state index contributed by atoms with van der Waals surface area (Å²) in [7, 11) is -2.90. The number of nitrogens with zero attached hydrogens (tertiary/aromatic N) is 2. The monoisotopic (exact) mass is 273 g/mol. The molecule has 0 aromatic carbocycles. The molecule has 1 N–H and O–H groups in total. The Bertz CT molecular complexity index is 495. The Morgan fingerprint density at radius 1 is 1.44 bits per heavy atom. The number of hydrogen-bond donors (Lipinski definition) is 1. The quantitative estimate of drug-likeness (QED) is 0.841. The molecule has 0 aliphatic carbocycles. The molecule has 0 bridgehead atoms. The maximum Gasteiger partial charge on any atom is 0.220 e. The average Bonchev–Trinajstić information content (AvgIpc) is 2.84. The minimum atomic E-state index is -2.90. The van der Waals surface area contributed by atoms with E-state index in [1.165, 1.54) is 0 Å². The predicted molar refractivity (Wildman–Crippen MR) is 67.2 cm³/mol. The zero-order chi connectivity index (χ0) is 13.2. The van der Waals surface area contributed by atoms with Gasteiger partial charge in [0, 0.05) is 19.0 Å². The van der Waals surface area contributed by atoms with Gasteiger partial charge in [-0.15, -0.1) is 10.2 Å². The van der Waals surface area contributed by atoms with Crippen molar-refractivity contribution < 1.29 is 12.8 Å². The van der Waals surface area contributed by atoms with Gasteiger partial charge in [0.25, 0.3) is 0 Å². The lowest BCUT2D eigenvalue weighted by atomic mass is 10.1. The minimum absolute atomic E-state index is 0.116. The molecular formula is C11H19N3O3S. The number of rotatable bonds is 5. The Hall–Kier alpha value is -0.950. The third-order valence-electron chi connectivity index (χ3n) is 2.96. The fourth-order valence-electron chi connectivity index (χ4n) is 1.99. The van der Waals surface area contributed by atoms with Crippen LogP contribution in [0.5, 0.6) is 0 Å². The predicted octanol–water partition coefficient (Wildman–Crippen LogP) is 0.512. The summed E-state index contributed by atoms with van der Waals surface area (Å²) < 4.78 is 28.3. The van der Waals surface area contributed by atoms with Crippen molar-refractivity contribution in [3.8, 4) is 0 Å². The van der Waals surface area contributed by atoms with Crippen LogP contribution >= 0.6 is 0 Å². The molecule has 0 amide bonds. The molecule has 1 aromatic rings. The zero-order valence-corrected chi connectivity index (χ0v) is 11.5. The fraction of sp³-hybridized carbons (Fsp3) is 0.818. The Morgan fingerprint density at radius 2 is 2.22 bits per heavy atom. The van der Waals surface area contributed by atoms with E-state index in [1.54, 1.807) is 0 Å². The van der Waals surface area contributed by atoms with E-state index >= 15 is 0 Å². The normalized spacial score (nSPS) is 22.7. The molecule has 2 heterocycles. The van der Waals surface area contributed by atoms with E-state index in [4.69, 9.17) is 4.42 Å². The van der Waals surface area contributed by atoms with Gasteiger partial charge in [-0.3, -0.25) is 0 Å². The fourth-order valence-corrected chi connectivity index (χ4v) is 3.72. The summed E-state index contributed by atoms with van der Waals surface area (Å²) >= 11 is 0. The van der Waals surface area contributed by atoms with Gasteiger partial charge in [0.2, 0.25) is 11.8 Å². The van der Waals surface area contributed by atoms with Gasteiger partial charge in [-0.25, -0.2) is 8.42 Å². The van der Waals surface area contributed by atoms with E-state index in [-0.39, 0.29) is 17.4 Å². The summed E-state index contributed by atoms with van der Waals surface area (Å²) in [6.45, 7) is 4.92. The minimum Gasteiger partial charge on any atom is -0.425 e. The highest BCUT2D eigenvalue weighted by Crippen LogP contribution is 2.27. The van der Waals surface area contributed by atoms with Crippen molar-refractivity contribution in [3.05, 3.63) is 11.8 Å². The molecule has 7 heteroatoms. The van der Waals surface area contributed by atoms with Gasteiger partial charge in [-0.05, 0) is 6.42 Å². The van der Waals surface area contributed by atoms with Crippen molar-refractivity contribution in [1.29, 1.82) is 0 Å². The Kier molecular flexibility index (Phi) is 4.01. The van der Waals surface area contributed by atoms with Crippen LogP contribution in [0.15, 0.2) is 4.42 Å². The maximum atomic E-state index is 11.4. The maximum absolute atomic E-state index is 11.4. The van der Waals surface area contributed by atoms with E-state index in [0.717, 1.165) is 6.54 Å². The van der Waals surface area contributed by atoms with Gasteiger partial charge in [0.15, 0.2) is 9.84 Å². The first-order chi connectivity index (χ1) is 8.46. The van der Waals surface area contributed by atoms with E-state index in [9.17, 15) is 8.42 Å². The van der Waals surface area contributed by atoms with Crippen LogP contribution in [0.4, 0.5) is 0 Å². The van der Waals surface area contributed by atoms with Gasteiger partial charge in [-0.1, -0.05) is 13.8 Å². The molecule has 0 spiro atoms. The smallest absolute Gasteiger partial charge is 0.220 e. The molecule has 1 saturated heterocycles. The zero-order valence-electron chi connectivity index (χ0n) is 10.7. The van der Waals surface area contributed by atoms with Crippen LogP contribution in [0, 0.1) is 0 Å². The molecule has 2 rings (SSSR count). The van der Waals surface area contributed by atoms with Crippen molar-refractivity contribution in [2.24, 2.45) is 0 Å². The molecule has 1 aromatic heterocycles. The molecule has 102 valence electrons. The summed E-state index contributed by atoms with van der Waals surface area (Å²) in [5.41, 5.74) is 0. The third kappa shape index (κ3) is 3.52. The first kappa shape index (κ1) is 13.5. The summed E-state index contributed by atoms with van der Waals surface area (Å²) in [5.74, 6) is 1.29. The van der Waals surface area contributed by atoms with Crippen LogP contribution in [-0.2, 0) is 16.3 Å². The number of sulfone groups is 1. The molecule has 1 aliphatic heterocycles. The molecular weight excluding hydrogens is 254 g/mol.